The van der Waals surface area contributed by atoms with Gasteiger partial charge in [0.15, 0.2) is 0 Å². The molecule has 4 nitrogen and oxygen atoms in total. The zero-order valence-electron chi connectivity index (χ0n) is 9.44. The average Bonchev–Trinajstić information content (AvgIpc) is 2.65. The van der Waals surface area contributed by atoms with Gasteiger partial charge in [0.1, 0.15) is 9.84 Å². The van der Waals surface area contributed by atoms with Gasteiger partial charge in [-0.15, -0.1) is 0 Å². The highest BCUT2D eigenvalue weighted by Gasteiger charge is 2.16. The Balaban J connectivity index is 0.000000151. The van der Waals surface area contributed by atoms with Crippen LogP contribution in [0.25, 0.3) is 0 Å². The minimum absolute atomic E-state index is 0.424. The second-order valence-corrected chi connectivity index (χ2v) is 6.21. The highest BCUT2D eigenvalue weighted by Crippen LogP contribution is 2.08. The van der Waals surface area contributed by atoms with Crippen LogP contribution in [0.5, 0.6) is 0 Å². The van der Waals surface area contributed by atoms with Crippen molar-refractivity contribution in [2.45, 2.75) is 19.8 Å². The predicted octanol–water partition coefficient (Wildman–Crippen LogP) is 0.533. The zero-order valence-corrected chi connectivity index (χ0v) is 10.3. The molecule has 2 fully saturated rings. The maximum Gasteiger partial charge on any atom is 0.150 e. The zero-order chi connectivity index (χ0) is 11.1. The number of hydrogen-bond acceptors (Lipinski definition) is 4. The fourth-order valence-corrected chi connectivity index (χ4v) is 3.16. The smallest absolute Gasteiger partial charge is 0.150 e. The van der Waals surface area contributed by atoms with Crippen LogP contribution in [0.2, 0.25) is 0 Å². The quantitative estimate of drug-likeness (QED) is 0.665. The number of hydrogen-bond donors (Lipinski definition) is 0. The van der Waals surface area contributed by atoms with E-state index in [0.717, 1.165) is 39.1 Å². The molecule has 5 heteroatoms. The molecule has 0 aliphatic carbocycles. The molecule has 0 N–H and O–H groups in total. The maximum atomic E-state index is 10.4. The summed E-state index contributed by atoms with van der Waals surface area (Å²) in [5.74, 6) is 0.847. The average molecular weight is 235 g/mol. The molecule has 2 aliphatic rings. The third kappa shape index (κ3) is 5.49. The summed E-state index contributed by atoms with van der Waals surface area (Å²) in [6.45, 7) is 7.45. The number of morpholine rings is 1. The lowest BCUT2D eigenvalue weighted by Gasteiger charge is -2.24. The minimum Gasteiger partial charge on any atom is -0.379 e. The predicted molar refractivity (Wildman–Crippen MR) is 60.8 cm³/mol. The van der Waals surface area contributed by atoms with Gasteiger partial charge in [0, 0.05) is 13.1 Å². The van der Waals surface area contributed by atoms with Crippen molar-refractivity contribution in [3.63, 3.8) is 0 Å². The summed E-state index contributed by atoms with van der Waals surface area (Å²) in [6.07, 6.45) is 1.75. The van der Waals surface area contributed by atoms with Crippen molar-refractivity contribution in [2.75, 3.05) is 44.4 Å². The Kier molecular flexibility index (Phi) is 5.56. The number of nitrogens with zero attached hydrogens (tertiary/aromatic N) is 1. The molecule has 2 heterocycles. The molecule has 0 saturated carbocycles. The Morgan fingerprint density at radius 1 is 1.13 bits per heavy atom. The van der Waals surface area contributed by atoms with Gasteiger partial charge in [-0.05, 0) is 19.4 Å². The van der Waals surface area contributed by atoms with Crippen LogP contribution >= 0.6 is 0 Å². The van der Waals surface area contributed by atoms with Crippen LogP contribution in [-0.4, -0.2) is 57.7 Å². The molecule has 0 aromatic rings. The molecule has 0 aromatic carbocycles. The van der Waals surface area contributed by atoms with Gasteiger partial charge in [0.2, 0.25) is 0 Å². The number of ether oxygens (including phenoxy) is 1. The van der Waals surface area contributed by atoms with E-state index in [-0.39, 0.29) is 0 Å². The van der Waals surface area contributed by atoms with Gasteiger partial charge < -0.3 is 4.74 Å². The second-order valence-electron chi connectivity index (χ2n) is 3.91. The summed E-state index contributed by atoms with van der Waals surface area (Å²) in [5, 5.41) is 0. The van der Waals surface area contributed by atoms with Crippen LogP contribution in [0.1, 0.15) is 19.8 Å². The Hall–Kier alpha value is -0.130. The van der Waals surface area contributed by atoms with Gasteiger partial charge >= 0.3 is 0 Å². The Labute approximate surface area is 92.5 Å². The van der Waals surface area contributed by atoms with E-state index in [1.807, 2.05) is 0 Å². The van der Waals surface area contributed by atoms with Gasteiger partial charge in [-0.1, -0.05) is 6.92 Å². The van der Waals surface area contributed by atoms with Crippen LogP contribution in [0, 0.1) is 0 Å². The van der Waals surface area contributed by atoms with Gasteiger partial charge in [-0.3, -0.25) is 4.90 Å². The van der Waals surface area contributed by atoms with E-state index >= 15 is 0 Å². The summed E-state index contributed by atoms with van der Waals surface area (Å²) >= 11 is 0. The first-order valence-corrected chi connectivity index (χ1v) is 7.47. The van der Waals surface area contributed by atoms with Crippen LogP contribution in [-0.2, 0) is 14.6 Å². The molecule has 0 spiro atoms. The topological polar surface area (TPSA) is 46.6 Å². The van der Waals surface area contributed by atoms with Crippen LogP contribution in [0.4, 0.5) is 0 Å². The summed E-state index contributed by atoms with van der Waals surface area (Å²) in [4.78, 5) is 2.39. The highest BCUT2D eigenvalue weighted by atomic mass is 32.2. The molecule has 2 rings (SSSR count). The van der Waals surface area contributed by atoms with E-state index in [2.05, 4.69) is 11.8 Å². The van der Waals surface area contributed by atoms with Crippen molar-refractivity contribution >= 4 is 9.84 Å². The molecule has 0 aromatic heterocycles. The van der Waals surface area contributed by atoms with E-state index in [1.165, 1.54) is 6.54 Å². The third-order valence-corrected chi connectivity index (χ3v) is 4.53. The van der Waals surface area contributed by atoms with Gasteiger partial charge in [0.05, 0.1) is 24.7 Å². The van der Waals surface area contributed by atoms with Crippen molar-refractivity contribution in [1.29, 1.82) is 0 Å². The summed E-state index contributed by atoms with van der Waals surface area (Å²) in [5.41, 5.74) is 0. The monoisotopic (exact) mass is 235 g/mol. The lowest BCUT2D eigenvalue weighted by Crippen LogP contribution is -2.35. The first-order valence-electron chi connectivity index (χ1n) is 5.64. The fourth-order valence-electron chi connectivity index (χ4n) is 1.66. The van der Waals surface area contributed by atoms with E-state index < -0.39 is 9.84 Å². The van der Waals surface area contributed by atoms with Crippen LogP contribution in [0.3, 0.4) is 0 Å². The number of rotatable bonds is 1. The van der Waals surface area contributed by atoms with Crippen molar-refractivity contribution in [3.8, 4) is 0 Å². The normalized spacial score (nSPS) is 25.7. The third-order valence-electron chi connectivity index (χ3n) is 2.71. The van der Waals surface area contributed by atoms with Crippen LogP contribution < -0.4 is 0 Å². The molecule has 0 atom stereocenters. The lowest BCUT2D eigenvalue weighted by molar-refractivity contribution is 0.0405. The SMILES string of the molecule is CCN1CCOCC1.O=S1(=O)CCCC1. The molecule has 2 saturated heterocycles. The number of sulfone groups is 1. The molecular weight excluding hydrogens is 214 g/mol. The largest absolute Gasteiger partial charge is 0.379 e. The van der Waals surface area contributed by atoms with Crippen molar-refractivity contribution < 1.29 is 13.2 Å². The Bertz CT molecular complexity index is 246. The maximum absolute atomic E-state index is 10.4. The second kappa shape index (κ2) is 6.45. The van der Waals surface area contributed by atoms with E-state index in [0.29, 0.717) is 11.5 Å². The van der Waals surface area contributed by atoms with Gasteiger partial charge in [-0.25, -0.2) is 8.42 Å². The van der Waals surface area contributed by atoms with E-state index in [4.69, 9.17) is 4.74 Å². The lowest BCUT2D eigenvalue weighted by atomic mass is 10.4. The number of likely N-dealkylation sites (N-methyl/N-ethyl adjacent to an activating group) is 1. The standard InChI is InChI=1S/C6H13NO.C4H8O2S/c1-2-7-3-5-8-6-4-7;5-7(6)3-1-2-4-7/h2-6H2,1H3;1-4H2. The summed E-state index contributed by atoms with van der Waals surface area (Å²) < 4.78 is 26.0. The highest BCUT2D eigenvalue weighted by molar-refractivity contribution is 7.91. The van der Waals surface area contributed by atoms with Gasteiger partial charge in [-0.2, -0.15) is 0 Å². The summed E-state index contributed by atoms with van der Waals surface area (Å²) in [7, 11) is -2.55. The molecule has 90 valence electrons. The fraction of sp³-hybridized carbons (Fsp3) is 1.00. The van der Waals surface area contributed by atoms with Crippen molar-refractivity contribution in [1.82, 2.24) is 4.90 Å². The van der Waals surface area contributed by atoms with E-state index in [1.54, 1.807) is 0 Å². The Morgan fingerprint density at radius 2 is 1.67 bits per heavy atom. The first-order chi connectivity index (χ1) is 7.14. The first kappa shape index (κ1) is 12.9. The van der Waals surface area contributed by atoms with Gasteiger partial charge in [0.25, 0.3) is 0 Å². The molecule has 0 amide bonds. The minimum atomic E-state index is -2.55. The Morgan fingerprint density at radius 3 is 1.93 bits per heavy atom. The van der Waals surface area contributed by atoms with Crippen molar-refractivity contribution in [3.05, 3.63) is 0 Å². The molecule has 0 unspecified atom stereocenters. The summed E-state index contributed by atoms with van der Waals surface area (Å²) in [6, 6.07) is 0. The van der Waals surface area contributed by atoms with E-state index in [9.17, 15) is 8.42 Å². The molecule has 0 radical (unpaired) electrons. The molecule has 0 bridgehead atoms. The molecule has 15 heavy (non-hydrogen) atoms. The van der Waals surface area contributed by atoms with Crippen molar-refractivity contribution in [2.24, 2.45) is 0 Å². The molecular formula is C10H21NO3S. The van der Waals surface area contributed by atoms with Crippen LogP contribution in [0.15, 0.2) is 0 Å². The molecule has 2 aliphatic heterocycles.